The van der Waals surface area contributed by atoms with Crippen LogP contribution in [-0.4, -0.2) is 28.1 Å². The van der Waals surface area contributed by atoms with Crippen molar-refractivity contribution in [2.75, 3.05) is 0 Å². The van der Waals surface area contributed by atoms with Crippen molar-refractivity contribution >= 4 is 11.9 Å². The lowest BCUT2D eigenvalue weighted by Crippen LogP contribution is -2.33. The summed E-state index contributed by atoms with van der Waals surface area (Å²) in [6.07, 6.45) is 4.77. The number of ether oxygens (including phenoxy) is 1. The van der Waals surface area contributed by atoms with Gasteiger partial charge in [0.05, 0.1) is 0 Å². The Balaban J connectivity index is 1.73. The van der Waals surface area contributed by atoms with Crippen molar-refractivity contribution in [3.05, 3.63) is 59.8 Å². The summed E-state index contributed by atoms with van der Waals surface area (Å²) in [5.74, 6) is -1.21. The number of nitrogens with one attached hydrogen (secondary N) is 1. The smallest absolute Gasteiger partial charge is 0.330 e. The minimum atomic E-state index is -1.12. The first-order valence-corrected chi connectivity index (χ1v) is 7.85. The van der Waals surface area contributed by atoms with Crippen LogP contribution in [0.4, 0.5) is 0 Å². The van der Waals surface area contributed by atoms with Gasteiger partial charge in [0.2, 0.25) is 5.88 Å². The molecule has 3 rings (SSSR count). The molecule has 1 heterocycles. The molecule has 1 aromatic carbocycles. The second-order valence-corrected chi connectivity index (χ2v) is 5.71. The number of benzene rings is 1. The maximum atomic E-state index is 12.4. The monoisotopic (exact) mass is 326 g/mol. The molecule has 1 saturated carbocycles. The number of carbonyl (C=O) groups is 2. The van der Waals surface area contributed by atoms with E-state index in [0.29, 0.717) is 17.0 Å². The van der Waals surface area contributed by atoms with Crippen LogP contribution in [0.5, 0.6) is 5.88 Å². The molecule has 124 valence electrons. The zero-order valence-corrected chi connectivity index (χ0v) is 13.0. The fourth-order valence-corrected chi connectivity index (χ4v) is 2.42. The van der Waals surface area contributed by atoms with Crippen LogP contribution in [0.25, 0.3) is 0 Å². The number of hydrogen-bond donors (Lipinski definition) is 2. The first kappa shape index (κ1) is 16.0. The molecule has 1 atom stereocenters. The van der Waals surface area contributed by atoms with E-state index < -0.39 is 17.9 Å². The van der Waals surface area contributed by atoms with E-state index in [4.69, 9.17) is 4.74 Å². The Labute approximate surface area is 139 Å². The molecule has 1 fully saturated rings. The Hall–Kier alpha value is -2.89. The number of carboxylic acid groups (broad SMARTS) is 1. The fraction of sp³-hybridized carbons (Fsp3) is 0.278. The van der Waals surface area contributed by atoms with Gasteiger partial charge in [-0.3, -0.25) is 4.79 Å². The van der Waals surface area contributed by atoms with Gasteiger partial charge in [-0.15, -0.1) is 0 Å². The quantitative estimate of drug-likeness (QED) is 0.852. The minimum absolute atomic E-state index is 0.159. The Morgan fingerprint density at radius 1 is 1.21 bits per heavy atom. The zero-order chi connectivity index (χ0) is 16.9. The first-order valence-electron chi connectivity index (χ1n) is 7.85. The standard InChI is InChI=1S/C18H18N2O4/c21-17(20-16(18(22)23)12-5-2-1-3-6-12)13-9-10-19-15(11-13)24-14-7-4-8-14/h1-3,5-6,9-11,14,16H,4,7-8H2,(H,20,21)(H,22,23). The molecular weight excluding hydrogens is 308 g/mol. The molecule has 1 aliphatic rings. The third kappa shape index (κ3) is 3.71. The van der Waals surface area contributed by atoms with Gasteiger partial charge >= 0.3 is 5.97 Å². The maximum absolute atomic E-state index is 12.4. The van der Waals surface area contributed by atoms with Gasteiger partial charge in [-0.25, -0.2) is 9.78 Å². The zero-order valence-electron chi connectivity index (χ0n) is 13.0. The third-order valence-electron chi connectivity index (χ3n) is 3.99. The minimum Gasteiger partial charge on any atom is -0.479 e. The summed E-state index contributed by atoms with van der Waals surface area (Å²) in [4.78, 5) is 28.0. The Kier molecular flexibility index (Phi) is 4.74. The summed E-state index contributed by atoms with van der Waals surface area (Å²) >= 11 is 0. The van der Waals surface area contributed by atoms with Crippen molar-refractivity contribution in [1.82, 2.24) is 10.3 Å². The van der Waals surface area contributed by atoms with Crippen molar-refractivity contribution in [2.24, 2.45) is 0 Å². The fourth-order valence-electron chi connectivity index (χ4n) is 2.42. The van der Waals surface area contributed by atoms with E-state index in [-0.39, 0.29) is 6.10 Å². The Bertz CT molecular complexity index is 729. The van der Waals surface area contributed by atoms with Gasteiger partial charge in [0.1, 0.15) is 6.10 Å². The molecule has 0 aliphatic heterocycles. The van der Waals surface area contributed by atoms with Crippen LogP contribution in [-0.2, 0) is 4.79 Å². The second-order valence-electron chi connectivity index (χ2n) is 5.71. The maximum Gasteiger partial charge on any atom is 0.330 e. The molecule has 1 amide bonds. The highest BCUT2D eigenvalue weighted by Crippen LogP contribution is 2.24. The molecule has 2 N–H and O–H groups in total. The summed E-state index contributed by atoms with van der Waals surface area (Å²) in [6, 6.07) is 10.5. The van der Waals surface area contributed by atoms with Crippen molar-refractivity contribution in [1.29, 1.82) is 0 Å². The third-order valence-corrected chi connectivity index (χ3v) is 3.99. The number of pyridine rings is 1. The van der Waals surface area contributed by atoms with Gasteiger partial charge in [-0.1, -0.05) is 30.3 Å². The number of amides is 1. The highest BCUT2D eigenvalue weighted by Gasteiger charge is 2.23. The van der Waals surface area contributed by atoms with Gasteiger partial charge in [0, 0.05) is 17.8 Å². The van der Waals surface area contributed by atoms with E-state index in [1.54, 1.807) is 30.3 Å². The summed E-state index contributed by atoms with van der Waals surface area (Å²) in [6.45, 7) is 0. The highest BCUT2D eigenvalue weighted by molar-refractivity contribution is 5.97. The van der Waals surface area contributed by atoms with E-state index in [9.17, 15) is 14.7 Å². The molecule has 0 radical (unpaired) electrons. The van der Waals surface area contributed by atoms with Gasteiger partial charge in [-0.2, -0.15) is 0 Å². The van der Waals surface area contributed by atoms with E-state index in [2.05, 4.69) is 10.3 Å². The van der Waals surface area contributed by atoms with Crippen LogP contribution in [0.2, 0.25) is 0 Å². The molecular formula is C18H18N2O4. The van der Waals surface area contributed by atoms with Crippen molar-refractivity contribution < 1.29 is 19.4 Å². The van der Waals surface area contributed by atoms with E-state index in [0.717, 1.165) is 19.3 Å². The molecule has 24 heavy (non-hydrogen) atoms. The van der Waals surface area contributed by atoms with Gasteiger partial charge < -0.3 is 15.2 Å². The lowest BCUT2D eigenvalue weighted by molar-refractivity contribution is -0.139. The number of hydrogen-bond acceptors (Lipinski definition) is 4. The molecule has 2 aromatic rings. The average molecular weight is 326 g/mol. The second kappa shape index (κ2) is 7.12. The van der Waals surface area contributed by atoms with Crippen LogP contribution in [0.1, 0.15) is 41.2 Å². The van der Waals surface area contributed by atoms with E-state index in [1.807, 2.05) is 0 Å². The van der Waals surface area contributed by atoms with Gasteiger partial charge in [0.25, 0.3) is 5.91 Å². The molecule has 0 bridgehead atoms. The van der Waals surface area contributed by atoms with Crippen LogP contribution in [0, 0.1) is 0 Å². The SMILES string of the molecule is O=C(NC(C(=O)O)c1ccccc1)c1ccnc(OC2CCC2)c1. The normalized spacial score (nSPS) is 15.2. The molecule has 1 aliphatic carbocycles. The lowest BCUT2D eigenvalue weighted by Gasteiger charge is -2.25. The van der Waals surface area contributed by atoms with Crippen LogP contribution < -0.4 is 10.1 Å². The van der Waals surface area contributed by atoms with Crippen LogP contribution in [0.3, 0.4) is 0 Å². The van der Waals surface area contributed by atoms with E-state index >= 15 is 0 Å². The summed E-state index contributed by atoms with van der Waals surface area (Å²) in [7, 11) is 0. The Morgan fingerprint density at radius 3 is 2.58 bits per heavy atom. The highest BCUT2D eigenvalue weighted by atomic mass is 16.5. The molecule has 6 heteroatoms. The van der Waals surface area contributed by atoms with E-state index in [1.165, 1.54) is 18.3 Å². The number of rotatable bonds is 6. The van der Waals surface area contributed by atoms with Gasteiger partial charge in [0.15, 0.2) is 6.04 Å². The Morgan fingerprint density at radius 2 is 1.96 bits per heavy atom. The largest absolute Gasteiger partial charge is 0.479 e. The van der Waals surface area contributed by atoms with Gasteiger partial charge in [-0.05, 0) is 30.9 Å². The molecule has 1 unspecified atom stereocenters. The number of carboxylic acids is 1. The average Bonchev–Trinajstić information content (AvgIpc) is 2.56. The van der Waals surface area contributed by atoms with Crippen molar-refractivity contribution in [3.8, 4) is 5.88 Å². The van der Waals surface area contributed by atoms with Crippen LogP contribution in [0.15, 0.2) is 48.7 Å². The predicted octanol–water partition coefficient (Wildman–Crippen LogP) is 2.57. The van der Waals surface area contributed by atoms with Crippen molar-refractivity contribution in [3.63, 3.8) is 0 Å². The summed E-state index contributed by atoms with van der Waals surface area (Å²) < 4.78 is 5.67. The predicted molar refractivity (Wildman–Crippen MR) is 86.8 cm³/mol. The molecule has 6 nitrogen and oxygen atoms in total. The molecule has 0 spiro atoms. The lowest BCUT2D eigenvalue weighted by atomic mass is 9.96. The topological polar surface area (TPSA) is 88.5 Å². The molecule has 0 saturated heterocycles. The molecule has 1 aromatic heterocycles. The van der Waals surface area contributed by atoms with Crippen molar-refractivity contribution in [2.45, 2.75) is 31.4 Å². The number of aromatic nitrogens is 1. The first-order chi connectivity index (χ1) is 11.6. The summed E-state index contributed by atoms with van der Waals surface area (Å²) in [5.41, 5.74) is 0.833. The number of aliphatic carboxylic acids is 1. The summed E-state index contributed by atoms with van der Waals surface area (Å²) in [5, 5.41) is 11.9. The van der Waals surface area contributed by atoms with Crippen LogP contribution >= 0.6 is 0 Å². The number of nitrogens with zero attached hydrogens (tertiary/aromatic N) is 1. The number of carbonyl (C=O) groups excluding carboxylic acids is 1.